The van der Waals surface area contributed by atoms with Crippen molar-refractivity contribution in [2.45, 2.75) is 30.9 Å². The van der Waals surface area contributed by atoms with Gasteiger partial charge < -0.3 is 30.5 Å². The van der Waals surface area contributed by atoms with Gasteiger partial charge in [-0.3, -0.25) is 24.1 Å². The molecule has 2 aliphatic rings. The topological polar surface area (TPSA) is 206 Å². The molecule has 1 fully saturated rings. The number of hydrogen-bond acceptors (Lipinski definition) is 14. The summed E-state index contributed by atoms with van der Waals surface area (Å²) in [5, 5.41) is 16.1. The van der Waals surface area contributed by atoms with Crippen LogP contribution < -0.4 is 45.7 Å². The molecule has 200 valence electrons. The number of nitrogens with zero attached hydrogens (tertiary/aromatic N) is 4. The zero-order valence-corrected chi connectivity index (χ0v) is 23.2. The second-order valence-corrected chi connectivity index (χ2v) is 9.31. The number of carboxylic acids is 1. The van der Waals surface area contributed by atoms with Crippen LogP contribution in [0.2, 0.25) is 0 Å². The van der Waals surface area contributed by atoms with E-state index in [-0.39, 0.29) is 46.0 Å². The Morgan fingerprint density at radius 3 is 2.55 bits per heavy atom. The second-order valence-electron chi connectivity index (χ2n) is 7.42. The van der Waals surface area contributed by atoms with Gasteiger partial charge in [0.05, 0.1) is 11.7 Å². The number of hydrogen-bond donors (Lipinski definition) is 2. The van der Waals surface area contributed by atoms with E-state index in [1.165, 1.54) is 6.92 Å². The van der Waals surface area contributed by atoms with Crippen LogP contribution in [-0.4, -0.2) is 86.1 Å². The zero-order valence-electron chi connectivity index (χ0n) is 19.6. The van der Waals surface area contributed by atoms with E-state index in [4.69, 9.17) is 10.5 Å². The SMILES string of the molecule is CC(=O)CC(=O)OCC1=C(C(=O)[O-])N2C(=O)C(NC(=O)C(=NOCC(F)(F)F)c3nsc(N)n3)[C@H]2SC1.[Na+]. The fourth-order valence-electron chi connectivity index (χ4n) is 3.10. The van der Waals surface area contributed by atoms with E-state index < -0.39 is 84.0 Å². The molecule has 3 heterocycles. The summed E-state index contributed by atoms with van der Waals surface area (Å²) < 4.78 is 45.8. The summed E-state index contributed by atoms with van der Waals surface area (Å²) in [6.45, 7) is -1.17. The van der Waals surface area contributed by atoms with Crippen LogP contribution in [0.5, 0.6) is 0 Å². The molecule has 1 aromatic heterocycles. The zero-order chi connectivity index (χ0) is 27.5. The van der Waals surface area contributed by atoms with Gasteiger partial charge in [-0.15, -0.1) is 11.8 Å². The van der Waals surface area contributed by atoms with E-state index in [0.29, 0.717) is 11.5 Å². The number of carbonyl (C=O) groups is 5. The molecule has 38 heavy (non-hydrogen) atoms. The number of halogens is 3. The number of ether oxygens (including phenoxy) is 1. The first-order valence-electron chi connectivity index (χ1n) is 9.98. The molecule has 2 atom stereocenters. The molecule has 3 N–H and O–H groups in total. The van der Waals surface area contributed by atoms with Crippen LogP contribution in [-0.2, 0) is 33.5 Å². The summed E-state index contributed by atoms with van der Waals surface area (Å²) in [5.41, 5.74) is 4.12. The van der Waals surface area contributed by atoms with E-state index in [1.807, 2.05) is 0 Å². The molecule has 0 radical (unpaired) electrons. The minimum Gasteiger partial charge on any atom is -0.543 e. The van der Waals surface area contributed by atoms with Gasteiger partial charge in [-0.1, -0.05) is 5.16 Å². The molecule has 0 bridgehead atoms. The molecule has 0 spiro atoms. The Hall–Kier alpha value is -2.74. The number of β-lactam (4-membered cyclic amide) rings is 1. The van der Waals surface area contributed by atoms with Crippen LogP contribution in [0.25, 0.3) is 0 Å². The third kappa shape index (κ3) is 7.65. The molecule has 2 aliphatic heterocycles. The number of oxime groups is 1. The van der Waals surface area contributed by atoms with E-state index in [2.05, 4.69) is 24.7 Å². The van der Waals surface area contributed by atoms with Gasteiger partial charge in [0.2, 0.25) is 18.1 Å². The van der Waals surface area contributed by atoms with Crippen molar-refractivity contribution in [3.8, 4) is 0 Å². The Morgan fingerprint density at radius 1 is 1.32 bits per heavy atom. The standard InChI is InChI=1S/C18H17F3N6O8S2.Na/c1-6(28)2-8(29)34-3-7-4-36-15-10(14(31)27(15)11(7)16(32)33)23-13(30)9(12-24-17(22)37-26-12)25-35-5-18(19,20)21;/h10,15H,2-5H2,1H3,(H,23,30)(H,32,33)(H2,22,24,26);/q;+1/p-1/t10?,15-;/m1./s1. The predicted molar refractivity (Wildman–Crippen MR) is 116 cm³/mol. The summed E-state index contributed by atoms with van der Waals surface area (Å²) >= 11 is 1.63. The molecule has 0 saturated carbocycles. The van der Waals surface area contributed by atoms with Gasteiger partial charge in [-0.25, -0.2) is 0 Å². The molecule has 0 aromatic carbocycles. The number of anilines is 1. The van der Waals surface area contributed by atoms with Crippen molar-refractivity contribution < 1.29 is 81.4 Å². The van der Waals surface area contributed by atoms with Crippen LogP contribution in [0, 0.1) is 0 Å². The van der Waals surface area contributed by atoms with E-state index in [9.17, 15) is 42.3 Å². The van der Waals surface area contributed by atoms with Crippen LogP contribution >= 0.6 is 23.3 Å². The smallest absolute Gasteiger partial charge is 0.543 e. The number of ketones is 1. The molecule has 1 saturated heterocycles. The Labute approximate surface area is 241 Å². The van der Waals surface area contributed by atoms with Crippen LogP contribution in [0.1, 0.15) is 19.2 Å². The van der Waals surface area contributed by atoms with Crippen LogP contribution in [0.4, 0.5) is 18.3 Å². The van der Waals surface area contributed by atoms with E-state index >= 15 is 0 Å². The van der Waals surface area contributed by atoms with Gasteiger partial charge in [0.1, 0.15) is 30.2 Å². The molecule has 1 aromatic rings. The number of Topliss-reactive ketones (excluding diaryl/α,β-unsaturated/α-hetero) is 1. The largest absolute Gasteiger partial charge is 1.00 e. The second kappa shape index (κ2) is 12.9. The van der Waals surface area contributed by atoms with Crippen molar-refractivity contribution in [2.75, 3.05) is 24.7 Å². The summed E-state index contributed by atoms with van der Waals surface area (Å²) in [4.78, 5) is 68.5. The van der Waals surface area contributed by atoms with Crippen molar-refractivity contribution in [3.05, 3.63) is 17.1 Å². The number of carbonyl (C=O) groups excluding carboxylic acids is 5. The minimum atomic E-state index is -4.76. The monoisotopic (exact) mass is 588 g/mol. The fraction of sp³-hybridized carbons (Fsp3) is 0.444. The van der Waals surface area contributed by atoms with Gasteiger partial charge in [0.15, 0.2) is 5.13 Å². The maximum absolute atomic E-state index is 12.8. The molecule has 2 amide bonds. The first-order chi connectivity index (χ1) is 17.3. The molecule has 0 aliphatic carbocycles. The predicted octanol–water partition coefficient (Wildman–Crippen LogP) is -4.67. The number of aromatic nitrogens is 2. The third-order valence-electron chi connectivity index (χ3n) is 4.58. The van der Waals surface area contributed by atoms with Crippen molar-refractivity contribution in [2.24, 2.45) is 5.16 Å². The first-order valence-corrected chi connectivity index (χ1v) is 11.8. The Morgan fingerprint density at radius 2 is 2.00 bits per heavy atom. The molecule has 14 nitrogen and oxygen atoms in total. The van der Waals surface area contributed by atoms with E-state index in [1.54, 1.807) is 0 Å². The normalized spacial score (nSPS) is 19.1. The van der Waals surface area contributed by atoms with Crippen molar-refractivity contribution >= 4 is 63.7 Å². The van der Waals surface area contributed by atoms with Gasteiger partial charge in [0, 0.05) is 22.9 Å². The maximum atomic E-state index is 12.8. The van der Waals surface area contributed by atoms with Crippen LogP contribution in [0.15, 0.2) is 16.4 Å². The summed E-state index contributed by atoms with van der Waals surface area (Å²) in [7, 11) is 0. The minimum absolute atomic E-state index is 0. The number of rotatable bonds is 10. The maximum Gasteiger partial charge on any atom is 1.00 e. The number of nitrogen functional groups attached to an aromatic ring is 1. The van der Waals surface area contributed by atoms with E-state index in [0.717, 1.165) is 16.7 Å². The van der Waals surface area contributed by atoms with Crippen LogP contribution in [0.3, 0.4) is 0 Å². The van der Waals surface area contributed by atoms with Gasteiger partial charge in [0.25, 0.3) is 11.8 Å². The number of esters is 1. The summed E-state index contributed by atoms with van der Waals surface area (Å²) in [6, 6.07) is -1.31. The summed E-state index contributed by atoms with van der Waals surface area (Å²) in [6.07, 6.45) is -5.27. The number of aliphatic carboxylic acids is 1. The van der Waals surface area contributed by atoms with Crippen molar-refractivity contribution in [1.82, 2.24) is 19.6 Å². The molecule has 1 unspecified atom stereocenters. The van der Waals surface area contributed by atoms with Gasteiger partial charge >= 0.3 is 41.7 Å². The Kier molecular flexibility index (Phi) is 10.7. The fourth-order valence-corrected chi connectivity index (χ4v) is 4.86. The first kappa shape index (κ1) is 31.5. The number of alkyl halides is 3. The number of nitrogens with one attached hydrogen (secondary N) is 1. The number of carboxylic acid groups (broad SMARTS) is 1. The molecular weight excluding hydrogens is 572 g/mol. The average molecular weight is 588 g/mol. The van der Waals surface area contributed by atoms with Crippen molar-refractivity contribution in [1.29, 1.82) is 0 Å². The van der Waals surface area contributed by atoms with Gasteiger partial charge in [-0.05, 0) is 6.92 Å². The average Bonchev–Trinajstić information content (AvgIpc) is 3.22. The Bertz CT molecular complexity index is 1210. The quantitative estimate of drug-likeness (QED) is 0.0661. The third-order valence-corrected chi connectivity index (χ3v) is 6.46. The van der Waals surface area contributed by atoms with Crippen molar-refractivity contribution in [3.63, 3.8) is 0 Å². The molecule has 3 rings (SSSR count). The molecule has 20 heteroatoms. The summed E-state index contributed by atoms with van der Waals surface area (Å²) in [5.74, 6) is -5.66. The number of nitrogens with two attached hydrogens (primary N) is 1. The number of amides is 2. The Balaban J connectivity index is 0.00000507. The number of fused-ring (bicyclic) bond motifs is 1. The molecular formula is C18H16F3N6NaO8S2. The number of thioether (sulfide) groups is 1. The van der Waals surface area contributed by atoms with Gasteiger partial charge in [-0.2, -0.15) is 22.5 Å².